The predicted octanol–water partition coefficient (Wildman–Crippen LogP) is 2.48. The second-order valence-electron chi connectivity index (χ2n) is 5.42. The van der Waals surface area contributed by atoms with Gasteiger partial charge in [0.2, 0.25) is 5.91 Å². The first kappa shape index (κ1) is 14.5. The van der Waals surface area contributed by atoms with Crippen LogP contribution in [0.15, 0.2) is 0 Å². The topological polar surface area (TPSA) is 49.3 Å². The molecule has 0 spiro atoms. The van der Waals surface area contributed by atoms with Crippen LogP contribution in [0, 0.1) is 11.3 Å². The van der Waals surface area contributed by atoms with Gasteiger partial charge in [-0.3, -0.25) is 4.79 Å². The Kier molecular flexibility index (Phi) is 5.96. The number of amides is 1. The Hall–Kier alpha value is -0.570. The Bertz CT molecular complexity index is 222. The van der Waals surface area contributed by atoms with Crippen LogP contribution in [0.1, 0.15) is 58.8 Å². The molecule has 100 valence electrons. The summed E-state index contributed by atoms with van der Waals surface area (Å²) in [4.78, 5) is 12.0. The number of hydrogen-bond acceptors (Lipinski definition) is 2. The van der Waals surface area contributed by atoms with Gasteiger partial charge in [0, 0.05) is 17.9 Å². The van der Waals surface area contributed by atoms with Crippen molar-refractivity contribution in [3.05, 3.63) is 0 Å². The minimum absolute atomic E-state index is 0.121. The van der Waals surface area contributed by atoms with E-state index in [1.807, 2.05) is 0 Å². The van der Waals surface area contributed by atoms with Gasteiger partial charge in [0.05, 0.1) is 6.61 Å². The summed E-state index contributed by atoms with van der Waals surface area (Å²) in [5.41, 5.74) is -0.121. The molecule has 0 heterocycles. The molecular weight excluding hydrogens is 214 g/mol. The third-order valence-corrected chi connectivity index (χ3v) is 4.45. The zero-order chi connectivity index (χ0) is 12.7. The van der Waals surface area contributed by atoms with E-state index in [2.05, 4.69) is 19.2 Å². The standard InChI is InChI=1S/C14H27NO2/c1-3-14(4-2,11-16)10-15-13(17)12-8-6-5-7-9-12/h12,16H,3-11H2,1-2H3,(H,15,17). The van der Waals surface area contributed by atoms with E-state index < -0.39 is 0 Å². The monoisotopic (exact) mass is 241 g/mol. The first-order valence-corrected chi connectivity index (χ1v) is 7.06. The number of aliphatic hydroxyl groups is 1. The highest BCUT2D eigenvalue weighted by Crippen LogP contribution is 2.26. The fourth-order valence-corrected chi connectivity index (χ4v) is 2.56. The van der Waals surface area contributed by atoms with Gasteiger partial charge < -0.3 is 10.4 Å². The average Bonchev–Trinajstić information content (AvgIpc) is 2.41. The lowest BCUT2D eigenvalue weighted by molar-refractivity contribution is -0.126. The van der Waals surface area contributed by atoms with Gasteiger partial charge >= 0.3 is 0 Å². The number of rotatable bonds is 6. The predicted molar refractivity (Wildman–Crippen MR) is 69.7 cm³/mol. The van der Waals surface area contributed by atoms with Crippen LogP contribution in [0.4, 0.5) is 0 Å². The number of hydrogen-bond donors (Lipinski definition) is 2. The van der Waals surface area contributed by atoms with Gasteiger partial charge in [0.15, 0.2) is 0 Å². The van der Waals surface area contributed by atoms with E-state index in [-0.39, 0.29) is 23.8 Å². The molecule has 0 aliphatic heterocycles. The van der Waals surface area contributed by atoms with E-state index in [4.69, 9.17) is 0 Å². The van der Waals surface area contributed by atoms with Crippen LogP contribution >= 0.6 is 0 Å². The highest BCUT2D eigenvalue weighted by atomic mass is 16.3. The highest BCUT2D eigenvalue weighted by molar-refractivity contribution is 5.78. The maximum Gasteiger partial charge on any atom is 0.223 e. The van der Waals surface area contributed by atoms with Crippen molar-refractivity contribution < 1.29 is 9.90 Å². The Morgan fingerprint density at radius 2 is 1.82 bits per heavy atom. The smallest absolute Gasteiger partial charge is 0.223 e. The SMILES string of the molecule is CCC(CC)(CO)CNC(=O)C1CCCCC1. The molecule has 0 radical (unpaired) electrons. The molecule has 17 heavy (non-hydrogen) atoms. The van der Waals surface area contributed by atoms with E-state index in [9.17, 15) is 9.90 Å². The maximum absolute atomic E-state index is 12.0. The average molecular weight is 241 g/mol. The summed E-state index contributed by atoms with van der Waals surface area (Å²) >= 11 is 0. The Morgan fingerprint density at radius 3 is 2.29 bits per heavy atom. The van der Waals surface area contributed by atoms with Gasteiger partial charge in [-0.2, -0.15) is 0 Å². The molecule has 0 atom stereocenters. The van der Waals surface area contributed by atoms with Crippen molar-refractivity contribution in [2.24, 2.45) is 11.3 Å². The summed E-state index contributed by atoms with van der Waals surface area (Å²) in [6, 6.07) is 0. The van der Waals surface area contributed by atoms with Crippen LogP contribution < -0.4 is 5.32 Å². The Balaban J connectivity index is 2.40. The number of carbonyl (C=O) groups excluding carboxylic acids is 1. The second-order valence-corrected chi connectivity index (χ2v) is 5.42. The molecule has 1 amide bonds. The summed E-state index contributed by atoms with van der Waals surface area (Å²) in [6.07, 6.45) is 7.53. The van der Waals surface area contributed by atoms with Gasteiger partial charge in [-0.25, -0.2) is 0 Å². The Morgan fingerprint density at radius 1 is 1.24 bits per heavy atom. The van der Waals surface area contributed by atoms with Gasteiger partial charge in [-0.1, -0.05) is 33.1 Å². The van der Waals surface area contributed by atoms with Gasteiger partial charge in [0.1, 0.15) is 0 Å². The molecule has 0 unspecified atom stereocenters. The molecule has 0 saturated heterocycles. The molecule has 0 aromatic heterocycles. The summed E-state index contributed by atoms with van der Waals surface area (Å²) in [6.45, 7) is 4.93. The summed E-state index contributed by atoms with van der Waals surface area (Å²) in [5, 5.41) is 12.5. The maximum atomic E-state index is 12.0. The van der Waals surface area contributed by atoms with Crippen LogP contribution in [-0.4, -0.2) is 24.2 Å². The molecule has 3 nitrogen and oxygen atoms in total. The van der Waals surface area contributed by atoms with E-state index >= 15 is 0 Å². The largest absolute Gasteiger partial charge is 0.396 e. The van der Waals surface area contributed by atoms with Crippen molar-refractivity contribution in [3.63, 3.8) is 0 Å². The third kappa shape index (κ3) is 3.98. The summed E-state index contributed by atoms with van der Waals surface area (Å²) in [7, 11) is 0. The van der Waals surface area contributed by atoms with E-state index in [1.165, 1.54) is 19.3 Å². The third-order valence-electron chi connectivity index (χ3n) is 4.45. The first-order valence-electron chi connectivity index (χ1n) is 7.06. The fourth-order valence-electron chi connectivity index (χ4n) is 2.56. The number of carbonyl (C=O) groups is 1. The molecule has 3 heteroatoms. The number of aliphatic hydroxyl groups excluding tert-OH is 1. The van der Waals surface area contributed by atoms with Crippen molar-refractivity contribution in [1.82, 2.24) is 5.32 Å². The van der Waals surface area contributed by atoms with Crippen LogP contribution in [-0.2, 0) is 4.79 Å². The Labute approximate surface area is 105 Å². The van der Waals surface area contributed by atoms with E-state index in [0.717, 1.165) is 25.7 Å². The quantitative estimate of drug-likeness (QED) is 0.750. The van der Waals surface area contributed by atoms with E-state index in [0.29, 0.717) is 6.54 Å². The van der Waals surface area contributed by atoms with Crippen LogP contribution in [0.3, 0.4) is 0 Å². The number of nitrogens with one attached hydrogen (secondary N) is 1. The van der Waals surface area contributed by atoms with Gasteiger partial charge in [-0.15, -0.1) is 0 Å². The van der Waals surface area contributed by atoms with Crippen molar-refractivity contribution in [2.75, 3.05) is 13.2 Å². The lowest BCUT2D eigenvalue weighted by Gasteiger charge is -2.31. The molecule has 2 N–H and O–H groups in total. The lowest BCUT2D eigenvalue weighted by Crippen LogP contribution is -2.42. The van der Waals surface area contributed by atoms with Crippen LogP contribution in [0.5, 0.6) is 0 Å². The lowest BCUT2D eigenvalue weighted by atomic mass is 9.82. The molecule has 1 aliphatic carbocycles. The summed E-state index contributed by atoms with van der Waals surface area (Å²) in [5.74, 6) is 0.415. The van der Waals surface area contributed by atoms with E-state index in [1.54, 1.807) is 0 Å². The van der Waals surface area contributed by atoms with Crippen molar-refractivity contribution in [1.29, 1.82) is 0 Å². The second kappa shape index (κ2) is 7.00. The molecule has 0 bridgehead atoms. The molecule has 0 aromatic carbocycles. The zero-order valence-electron chi connectivity index (χ0n) is 11.3. The molecular formula is C14H27NO2. The normalized spacial score (nSPS) is 18.1. The molecule has 1 aliphatic rings. The molecule has 1 rings (SSSR count). The fraction of sp³-hybridized carbons (Fsp3) is 0.929. The van der Waals surface area contributed by atoms with Crippen molar-refractivity contribution >= 4 is 5.91 Å². The van der Waals surface area contributed by atoms with Gasteiger partial charge in [0.25, 0.3) is 0 Å². The first-order chi connectivity index (χ1) is 8.17. The molecule has 0 aromatic rings. The zero-order valence-corrected chi connectivity index (χ0v) is 11.3. The van der Waals surface area contributed by atoms with Crippen LogP contribution in [0.2, 0.25) is 0 Å². The molecule has 1 saturated carbocycles. The minimum Gasteiger partial charge on any atom is -0.396 e. The summed E-state index contributed by atoms with van der Waals surface area (Å²) < 4.78 is 0. The highest BCUT2D eigenvalue weighted by Gasteiger charge is 2.28. The molecule has 1 fully saturated rings. The van der Waals surface area contributed by atoms with Crippen LogP contribution in [0.25, 0.3) is 0 Å². The van der Waals surface area contributed by atoms with Crippen molar-refractivity contribution in [3.8, 4) is 0 Å². The van der Waals surface area contributed by atoms with Gasteiger partial charge in [-0.05, 0) is 25.7 Å². The minimum atomic E-state index is -0.121. The van der Waals surface area contributed by atoms with Crippen molar-refractivity contribution in [2.45, 2.75) is 58.8 Å².